The molecule has 66 valence electrons. The van der Waals surface area contributed by atoms with E-state index in [2.05, 4.69) is 17.8 Å². The highest BCUT2D eigenvalue weighted by Gasteiger charge is 2.11. The standard InChI is InChI=1S/C11H11NO/c1-2-5-10-8-9-6-3-4-7-11(9)13-12-10/h2-4,6-7H,1,5,8H2. The van der Waals surface area contributed by atoms with Gasteiger partial charge in [0.2, 0.25) is 0 Å². The van der Waals surface area contributed by atoms with Crippen molar-refractivity contribution in [1.29, 1.82) is 0 Å². The quantitative estimate of drug-likeness (QED) is 0.630. The number of oxime groups is 1. The fourth-order valence-corrected chi connectivity index (χ4v) is 1.38. The van der Waals surface area contributed by atoms with E-state index < -0.39 is 0 Å². The minimum atomic E-state index is 0.800. The van der Waals surface area contributed by atoms with Gasteiger partial charge in [-0.2, -0.15) is 0 Å². The van der Waals surface area contributed by atoms with Crippen LogP contribution < -0.4 is 4.84 Å². The van der Waals surface area contributed by atoms with E-state index in [9.17, 15) is 0 Å². The molecule has 0 amide bonds. The summed E-state index contributed by atoms with van der Waals surface area (Å²) in [5.74, 6) is 0.871. The van der Waals surface area contributed by atoms with Crippen LogP contribution in [0.3, 0.4) is 0 Å². The van der Waals surface area contributed by atoms with Crippen LogP contribution in [-0.2, 0) is 6.42 Å². The van der Waals surface area contributed by atoms with E-state index in [0.717, 1.165) is 24.3 Å². The molecule has 0 radical (unpaired) electrons. The first-order chi connectivity index (χ1) is 6.40. The van der Waals surface area contributed by atoms with Crippen LogP contribution in [0.4, 0.5) is 0 Å². The predicted octanol–water partition coefficient (Wildman–Crippen LogP) is 2.55. The van der Waals surface area contributed by atoms with Gasteiger partial charge in [0.1, 0.15) is 0 Å². The lowest BCUT2D eigenvalue weighted by atomic mass is 10.0. The van der Waals surface area contributed by atoms with Gasteiger partial charge >= 0.3 is 0 Å². The first-order valence-electron chi connectivity index (χ1n) is 4.31. The molecule has 2 rings (SSSR count). The van der Waals surface area contributed by atoms with E-state index in [1.807, 2.05) is 24.3 Å². The Morgan fingerprint density at radius 2 is 2.31 bits per heavy atom. The minimum absolute atomic E-state index is 0.800. The van der Waals surface area contributed by atoms with E-state index in [1.54, 1.807) is 0 Å². The van der Waals surface area contributed by atoms with Crippen molar-refractivity contribution >= 4 is 5.71 Å². The van der Waals surface area contributed by atoms with E-state index in [4.69, 9.17) is 4.84 Å². The van der Waals surface area contributed by atoms with Crippen LogP contribution in [0.1, 0.15) is 12.0 Å². The van der Waals surface area contributed by atoms with Gasteiger partial charge in [0.15, 0.2) is 5.75 Å². The van der Waals surface area contributed by atoms with Gasteiger partial charge in [0.05, 0.1) is 5.71 Å². The van der Waals surface area contributed by atoms with Crippen molar-refractivity contribution in [3.63, 3.8) is 0 Å². The van der Waals surface area contributed by atoms with Gasteiger partial charge in [0, 0.05) is 18.4 Å². The van der Waals surface area contributed by atoms with Crippen molar-refractivity contribution < 1.29 is 4.84 Å². The van der Waals surface area contributed by atoms with Crippen LogP contribution in [0.15, 0.2) is 42.1 Å². The molecule has 0 atom stereocenters. The Labute approximate surface area is 77.5 Å². The summed E-state index contributed by atoms with van der Waals surface area (Å²) in [6.45, 7) is 3.67. The van der Waals surface area contributed by atoms with E-state index in [1.165, 1.54) is 5.56 Å². The first-order valence-corrected chi connectivity index (χ1v) is 4.31. The number of fused-ring (bicyclic) bond motifs is 1. The molecule has 0 bridgehead atoms. The van der Waals surface area contributed by atoms with Crippen LogP contribution in [-0.4, -0.2) is 5.71 Å². The van der Waals surface area contributed by atoms with E-state index in [0.29, 0.717) is 0 Å². The average molecular weight is 173 g/mol. The van der Waals surface area contributed by atoms with Crippen molar-refractivity contribution in [2.45, 2.75) is 12.8 Å². The van der Waals surface area contributed by atoms with Crippen molar-refractivity contribution in [3.8, 4) is 5.75 Å². The SMILES string of the molecule is C=CCC1=NOc2ccccc2C1. The molecule has 0 unspecified atom stereocenters. The zero-order valence-corrected chi connectivity index (χ0v) is 7.36. The number of nitrogens with zero attached hydrogens (tertiary/aromatic N) is 1. The molecule has 1 aromatic rings. The first kappa shape index (κ1) is 8.05. The summed E-state index contributed by atoms with van der Waals surface area (Å²) in [7, 11) is 0. The number of benzene rings is 1. The second-order valence-electron chi connectivity index (χ2n) is 3.03. The Hall–Kier alpha value is -1.57. The highest BCUT2D eigenvalue weighted by molar-refractivity contribution is 5.88. The number of allylic oxidation sites excluding steroid dienone is 1. The number of para-hydroxylation sites is 1. The van der Waals surface area contributed by atoms with Crippen LogP contribution in [0.2, 0.25) is 0 Å². The molecule has 2 nitrogen and oxygen atoms in total. The fraction of sp³-hybridized carbons (Fsp3) is 0.182. The van der Waals surface area contributed by atoms with E-state index in [-0.39, 0.29) is 0 Å². The highest BCUT2D eigenvalue weighted by Crippen LogP contribution is 2.23. The van der Waals surface area contributed by atoms with Gasteiger partial charge in [-0.3, -0.25) is 0 Å². The van der Waals surface area contributed by atoms with Gasteiger partial charge < -0.3 is 4.84 Å². The number of hydrogen-bond acceptors (Lipinski definition) is 2. The summed E-state index contributed by atoms with van der Waals surface area (Å²) in [6.07, 6.45) is 3.52. The lowest BCUT2D eigenvalue weighted by molar-refractivity contribution is 0.329. The molecule has 2 heteroatoms. The van der Waals surface area contributed by atoms with Crippen LogP contribution in [0.5, 0.6) is 5.75 Å². The van der Waals surface area contributed by atoms with E-state index >= 15 is 0 Å². The monoisotopic (exact) mass is 173 g/mol. The molecule has 0 fully saturated rings. The molecule has 1 aliphatic heterocycles. The zero-order chi connectivity index (χ0) is 9.10. The van der Waals surface area contributed by atoms with Crippen molar-refractivity contribution in [1.82, 2.24) is 0 Å². The van der Waals surface area contributed by atoms with Gasteiger partial charge in [-0.25, -0.2) is 0 Å². The second kappa shape index (κ2) is 3.44. The summed E-state index contributed by atoms with van der Waals surface area (Å²) in [4.78, 5) is 5.23. The highest BCUT2D eigenvalue weighted by atomic mass is 16.6. The maximum atomic E-state index is 5.23. The summed E-state index contributed by atoms with van der Waals surface area (Å²) in [5, 5.41) is 4.01. The van der Waals surface area contributed by atoms with Crippen molar-refractivity contribution in [2.24, 2.45) is 5.16 Å². The Balaban J connectivity index is 2.22. The lowest BCUT2D eigenvalue weighted by Crippen LogP contribution is -2.10. The Bertz CT molecular complexity index is 355. The third kappa shape index (κ3) is 1.61. The van der Waals surface area contributed by atoms with Gasteiger partial charge in [-0.15, -0.1) is 6.58 Å². The largest absolute Gasteiger partial charge is 0.357 e. The summed E-state index contributed by atoms with van der Waals surface area (Å²) >= 11 is 0. The molecular formula is C11H11NO. The number of rotatable bonds is 2. The third-order valence-electron chi connectivity index (χ3n) is 2.02. The molecule has 0 saturated heterocycles. The predicted molar refractivity (Wildman–Crippen MR) is 53.0 cm³/mol. The summed E-state index contributed by atoms with van der Waals surface area (Å²) < 4.78 is 0. The molecule has 1 heterocycles. The maximum absolute atomic E-state index is 5.23. The summed E-state index contributed by atoms with van der Waals surface area (Å²) in [5.41, 5.74) is 2.24. The topological polar surface area (TPSA) is 21.6 Å². The zero-order valence-electron chi connectivity index (χ0n) is 7.36. The van der Waals surface area contributed by atoms with Crippen LogP contribution in [0.25, 0.3) is 0 Å². The Morgan fingerprint density at radius 1 is 1.46 bits per heavy atom. The Morgan fingerprint density at radius 3 is 3.15 bits per heavy atom. The van der Waals surface area contributed by atoms with Gasteiger partial charge in [-0.05, 0) is 6.07 Å². The fourth-order valence-electron chi connectivity index (χ4n) is 1.38. The molecular weight excluding hydrogens is 162 g/mol. The molecule has 0 N–H and O–H groups in total. The molecule has 0 aliphatic carbocycles. The van der Waals surface area contributed by atoms with Gasteiger partial charge in [-0.1, -0.05) is 29.4 Å². The summed E-state index contributed by atoms with van der Waals surface area (Å²) in [6, 6.07) is 7.96. The molecule has 0 aromatic heterocycles. The van der Waals surface area contributed by atoms with Gasteiger partial charge in [0.25, 0.3) is 0 Å². The lowest BCUT2D eigenvalue weighted by Gasteiger charge is -2.13. The minimum Gasteiger partial charge on any atom is -0.357 e. The van der Waals surface area contributed by atoms with Crippen molar-refractivity contribution in [2.75, 3.05) is 0 Å². The Kier molecular flexibility index (Phi) is 2.13. The molecule has 13 heavy (non-hydrogen) atoms. The smallest absolute Gasteiger partial charge is 0.161 e. The van der Waals surface area contributed by atoms with Crippen LogP contribution >= 0.6 is 0 Å². The van der Waals surface area contributed by atoms with Crippen molar-refractivity contribution in [3.05, 3.63) is 42.5 Å². The third-order valence-corrected chi connectivity index (χ3v) is 2.02. The second-order valence-corrected chi connectivity index (χ2v) is 3.03. The molecule has 0 spiro atoms. The normalized spacial score (nSPS) is 14.0. The maximum Gasteiger partial charge on any atom is 0.161 e. The average Bonchev–Trinajstić information content (AvgIpc) is 2.18. The molecule has 1 aliphatic rings. The molecule has 1 aromatic carbocycles. The number of hydrogen-bond donors (Lipinski definition) is 0. The molecule has 0 saturated carbocycles. The van der Waals surface area contributed by atoms with Crippen LogP contribution in [0, 0.1) is 0 Å².